The standard InChI is InChI=1S/C28H28Cl2FN3O6S/c1-3-32-28(36)18(2)33(16-22-23(29)5-4-6-24(22)30)27(35)17-34(20-9-7-19(31)8-10-20)41(37,38)21-11-12-25-26(15-21)40-14-13-39-25/h4-12,15,18H,3,13-14,16-17H2,1-2H3,(H,32,36)/t18-/m1/s1. The molecule has 3 aromatic carbocycles. The number of carbonyl (C=O) groups is 2. The molecule has 1 N–H and O–H groups in total. The first-order valence-electron chi connectivity index (χ1n) is 12.7. The highest BCUT2D eigenvalue weighted by molar-refractivity contribution is 7.92. The molecule has 1 aliphatic heterocycles. The topological polar surface area (TPSA) is 105 Å². The van der Waals surface area contributed by atoms with Crippen molar-refractivity contribution in [1.29, 1.82) is 0 Å². The van der Waals surface area contributed by atoms with E-state index in [4.69, 9.17) is 32.7 Å². The van der Waals surface area contributed by atoms with Crippen LogP contribution in [0, 0.1) is 5.82 Å². The van der Waals surface area contributed by atoms with Crippen LogP contribution in [0.1, 0.15) is 19.4 Å². The number of carbonyl (C=O) groups excluding carboxylic acids is 2. The maximum atomic E-state index is 14.0. The van der Waals surface area contributed by atoms with Gasteiger partial charge in [0.1, 0.15) is 31.6 Å². The second-order valence-electron chi connectivity index (χ2n) is 9.09. The number of sulfonamides is 1. The number of nitrogens with zero attached hydrogens (tertiary/aromatic N) is 2. The largest absolute Gasteiger partial charge is 0.486 e. The van der Waals surface area contributed by atoms with Crippen molar-refractivity contribution in [2.45, 2.75) is 31.3 Å². The number of rotatable bonds is 10. The summed E-state index contributed by atoms with van der Waals surface area (Å²) < 4.78 is 53.6. The van der Waals surface area contributed by atoms with Crippen LogP contribution in [0.2, 0.25) is 10.0 Å². The van der Waals surface area contributed by atoms with Gasteiger partial charge in [-0.2, -0.15) is 0 Å². The Labute approximate surface area is 247 Å². The molecule has 13 heteroatoms. The van der Waals surface area contributed by atoms with E-state index in [9.17, 15) is 22.4 Å². The molecule has 4 rings (SSSR count). The quantitative estimate of drug-likeness (QED) is 0.352. The minimum atomic E-state index is -4.40. The Kier molecular flexibility index (Phi) is 9.62. The average Bonchev–Trinajstić information content (AvgIpc) is 2.95. The van der Waals surface area contributed by atoms with Crippen LogP contribution in [0.15, 0.2) is 65.6 Å². The molecule has 1 heterocycles. The molecule has 0 saturated carbocycles. The van der Waals surface area contributed by atoms with Crippen LogP contribution in [0.25, 0.3) is 0 Å². The molecule has 218 valence electrons. The van der Waals surface area contributed by atoms with Gasteiger partial charge >= 0.3 is 0 Å². The molecular weight excluding hydrogens is 596 g/mol. The van der Waals surface area contributed by atoms with Gasteiger partial charge in [0, 0.05) is 34.8 Å². The molecule has 9 nitrogen and oxygen atoms in total. The minimum Gasteiger partial charge on any atom is -0.486 e. The smallest absolute Gasteiger partial charge is 0.264 e. The number of halogens is 3. The SMILES string of the molecule is CCNC(=O)[C@@H](C)N(Cc1c(Cl)cccc1Cl)C(=O)CN(c1ccc(F)cc1)S(=O)(=O)c1ccc2c(c1)OCCO2. The zero-order valence-corrected chi connectivity index (χ0v) is 24.6. The van der Waals surface area contributed by atoms with E-state index in [0.29, 0.717) is 24.5 Å². The summed E-state index contributed by atoms with van der Waals surface area (Å²) in [5.41, 5.74) is 0.430. The van der Waals surface area contributed by atoms with Gasteiger partial charge in [-0.05, 0) is 62.4 Å². The third-order valence-corrected chi connectivity index (χ3v) is 8.88. The molecule has 0 bridgehead atoms. The molecule has 0 fully saturated rings. The Hall–Kier alpha value is -3.54. The van der Waals surface area contributed by atoms with Crippen LogP contribution in [-0.2, 0) is 26.2 Å². The van der Waals surface area contributed by atoms with Gasteiger partial charge in [0.2, 0.25) is 11.8 Å². The molecule has 0 radical (unpaired) electrons. The fourth-order valence-electron chi connectivity index (χ4n) is 4.21. The summed E-state index contributed by atoms with van der Waals surface area (Å²) in [6.45, 7) is 3.25. The summed E-state index contributed by atoms with van der Waals surface area (Å²) in [5.74, 6) is -1.13. The second-order valence-corrected chi connectivity index (χ2v) is 11.8. The first-order valence-corrected chi connectivity index (χ1v) is 14.9. The number of hydrogen-bond donors (Lipinski definition) is 1. The first kappa shape index (κ1) is 30.4. The van der Waals surface area contributed by atoms with E-state index >= 15 is 0 Å². The first-order chi connectivity index (χ1) is 19.5. The zero-order chi connectivity index (χ0) is 29.7. The summed E-state index contributed by atoms with van der Waals surface area (Å²) in [6, 6.07) is 12.6. The highest BCUT2D eigenvalue weighted by Crippen LogP contribution is 2.34. The van der Waals surface area contributed by atoms with Gasteiger partial charge < -0.3 is 19.7 Å². The van der Waals surface area contributed by atoms with Gasteiger partial charge in [-0.1, -0.05) is 29.3 Å². The summed E-state index contributed by atoms with van der Waals surface area (Å²) in [7, 11) is -4.40. The molecular formula is C28H28Cl2FN3O6S. The Morgan fingerprint density at radius 2 is 1.63 bits per heavy atom. The van der Waals surface area contributed by atoms with Gasteiger partial charge in [-0.25, -0.2) is 12.8 Å². The fraction of sp³-hybridized carbons (Fsp3) is 0.286. The summed E-state index contributed by atoms with van der Waals surface area (Å²) in [5, 5.41) is 3.23. The van der Waals surface area contributed by atoms with E-state index in [0.717, 1.165) is 16.4 Å². The van der Waals surface area contributed by atoms with Crippen molar-refractivity contribution < 1.29 is 31.9 Å². The van der Waals surface area contributed by atoms with E-state index < -0.39 is 40.2 Å². The van der Waals surface area contributed by atoms with Crippen molar-refractivity contribution in [2.24, 2.45) is 0 Å². The Morgan fingerprint density at radius 1 is 1.00 bits per heavy atom. The number of nitrogens with one attached hydrogen (secondary N) is 1. The fourth-order valence-corrected chi connectivity index (χ4v) is 6.15. The molecule has 1 aliphatic rings. The van der Waals surface area contributed by atoms with Crippen molar-refractivity contribution in [1.82, 2.24) is 10.2 Å². The van der Waals surface area contributed by atoms with Crippen molar-refractivity contribution in [3.05, 3.63) is 82.1 Å². The Bertz CT molecular complexity index is 1520. The number of benzene rings is 3. The lowest BCUT2D eigenvalue weighted by molar-refractivity contribution is -0.139. The number of amides is 2. The normalized spacial score (nSPS) is 13.3. The van der Waals surface area contributed by atoms with Gasteiger partial charge in [-0.15, -0.1) is 0 Å². The number of anilines is 1. The second kappa shape index (κ2) is 13.0. The summed E-state index contributed by atoms with van der Waals surface area (Å²) in [4.78, 5) is 27.8. The van der Waals surface area contributed by atoms with E-state index in [1.807, 2.05) is 0 Å². The van der Waals surface area contributed by atoms with Crippen molar-refractivity contribution in [3.8, 4) is 11.5 Å². The molecule has 3 aromatic rings. The number of ether oxygens (including phenoxy) is 2. The summed E-state index contributed by atoms with van der Waals surface area (Å²) in [6.07, 6.45) is 0. The van der Waals surface area contributed by atoms with E-state index in [1.54, 1.807) is 25.1 Å². The van der Waals surface area contributed by atoms with Crippen LogP contribution >= 0.6 is 23.2 Å². The maximum Gasteiger partial charge on any atom is 0.264 e. The maximum absolute atomic E-state index is 14.0. The van der Waals surface area contributed by atoms with Crippen LogP contribution in [0.4, 0.5) is 10.1 Å². The molecule has 0 unspecified atom stereocenters. The highest BCUT2D eigenvalue weighted by Gasteiger charge is 2.33. The number of hydrogen-bond acceptors (Lipinski definition) is 6. The zero-order valence-electron chi connectivity index (χ0n) is 22.3. The predicted molar refractivity (Wildman–Crippen MR) is 154 cm³/mol. The number of fused-ring (bicyclic) bond motifs is 1. The third-order valence-electron chi connectivity index (χ3n) is 6.40. The lowest BCUT2D eigenvalue weighted by Gasteiger charge is -2.32. The minimum absolute atomic E-state index is 0.0380. The van der Waals surface area contributed by atoms with Crippen LogP contribution in [0.3, 0.4) is 0 Å². The van der Waals surface area contributed by atoms with Gasteiger partial charge in [0.15, 0.2) is 11.5 Å². The lowest BCUT2D eigenvalue weighted by Crippen LogP contribution is -2.51. The van der Waals surface area contributed by atoms with Crippen LogP contribution in [0.5, 0.6) is 11.5 Å². The third kappa shape index (κ3) is 6.86. The predicted octanol–water partition coefficient (Wildman–Crippen LogP) is 4.65. The monoisotopic (exact) mass is 623 g/mol. The number of likely N-dealkylation sites (N-methyl/N-ethyl adjacent to an activating group) is 1. The Balaban J connectivity index is 1.75. The Morgan fingerprint density at radius 3 is 2.27 bits per heavy atom. The molecule has 0 spiro atoms. The van der Waals surface area contributed by atoms with Gasteiger partial charge in [0.25, 0.3) is 10.0 Å². The van der Waals surface area contributed by atoms with Crippen LogP contribution < -0.4 is 19.1 Å². The molecule has 0 saturated heterocycles. The molecule has 1 atom stereocenters. The van der Waals surface area contributed by atoms with E-state index in [2.05, 4.69) is 5.32 Å². The van der Waals surface area contributed by atoms with Gasteiger partial charge in [-0.3, -0.25) is 13.9 Å². The van der Waals surface area contributed by atoms with E-state index in [-0.39, 0.29) is 39.5 Å². The summed E-state index contributed by atoms with van der Waals surface area (Å²) >= 11 is 12.7. The van der Waals surface area contributed by atoms with Crippen molar-refractivity contribution in [3.63, 3.8) is 0 Å². The van der Waals surface area contributed by atoms with Gasteiger partial charge in [0.05, 0.1) is 10.6 Å². The lowest BCUT2D eigenvalue weighted by atomic mass is 10.1. The van der Waals surface area contributed by atoms with Crippen molar-refractivity contribution >= 4 is 50.7 Å². The van der Waals surface area contributed by atoms with Crippen molar-refractivity contribution in [2.75, 3.05) is 30.6 Å². The highest BCUT2D eigenvalue weighted by atomic mass is 35.5. The molecule has 2 amide bonds. The average molecular weight is 625 g/mol. The molecule has 0 aromatic heterocycles. The van der Waals surface area contributed by atoms with E-state index in [1.165, 1.54) is 42.2 Å². The molecule has 0 aliphatic carbocycles. The van der Waals surface area contributed by atoms with Crippen LogP contribution in [-0.4, -0.2) is 57.5 Å². The molecule has 41 heavy (non-hydrogen) atoms.